The SMILES string of the molecule is C#[N+]CCC(=O)OCC(CC)(COC(=O)CCN)COC(=O)CC[N+]#C. The molecule has 0 saturated carbocycles. The molecular weight excluding hydrogens is 342 g/mol. The van der Waals surface area contributed by atoms with Crippen LogP contribution < -0.4 is 5.73 Å². The fourth-order valence-electron chi connectivity index (χ4n) is 1.78. The Morgan fingerprint density at radius 2 is 1.23 bits per heavy atom. The predicted octanol–water partition coefficient (Wildman–Crippen LogP) is 1.07. The van der Waals surface area contributed by atoms with Gasteiger partial charge in [0.2, 0.25) is 0 Å². The molecule has 0 aliphatic heterocycles. The Hall–Kier alpha value is -2.65. The minimum atomic E-state index is -0.866. The van der Waals surface area contributed by atoms with Crippen molar-refractivity contribution in [2.75, 3.05) is 39.5 Å². The van der Waals surface area contributed by atoms with Crippen LogP contribution in [0.1, 0.15) is 32.6 Å². The van der Waals surface area contributed by atoms with Crippen LogP contribution in [0, 0.1) is 18.6 Å². The molecule has 0 spiro atoms. The zero-order valence-electron chi connectivity index (χ0n) is 15.1. The molecule has 0 aliphatic carbocycles. The van der Waals surface area contributed by atoms with E-state index in [1.165, 1.54) is 0 Å². The molecule has 0 unspecified atom stereocenters. The number of rotatable bonds is 13. The fourth-order valence-corrected chi connectivity index (χ4v) is 1.78. The molecule has 0 aromatic heterocycles. The zero-order valence-corrected chi connectivity index (χ0v) is 15.1. The van der Waals surface area contributed by atoms with Crippen molar-refractivity contribution in [3.63, 3.8) is 0 Å². The molecule has 0 bridgehead atoms. The fraction of sp³-hybridized carbons (Fsp3) is 0.706. The Balaban J connectivity index is 4.87. The zero-order chi connectivity index (χ0) is 19.8. The van der Waals surface area contributed by atoms with E-state index in [1.807, 2.05) is 6.92 Å². The third kappa shape index (κ3) is 10.3. The highest BCUT2D eigenvalue weighted by Gasteiger charge is 2.34. The van der Waals surface area contributed by atoms with Gasteiger partial charge in [-0.25, -0.2) is 0 Å². The molecule has 0 aromatic carbocycles. The quantitative estimate of drug-likeness (QED) is 0.381. The minimum absolute atomic E-state index is 0.0288. The molecule has 0 aliphatic rings. The smallest absolute Gasteiger partial charge is 0.313 e. The van der Waals surface area contributed by atoms with Crippen LogP contribution >= 0.6 is 0 Å². The first-order valence-electron chi connectivity index (χ1n) is 8.33. The molecule has 26 heavy (non-hydrogen) atoms. The topological polar surface area (TPSA) is 114 Å². The summed E-state index contributed by atoms with van der Waals surface area (Å²) in [6, 6.07) is 0. The number of hydrogen-bond donors (Lipinski definition) is 1. The van der Waals surface area contributed by atoms with Gasteiger partial charge >= 0.3 is 17.9 Å². The summed E-state index contributed by atoms with van der Waals surface area (Å²) in [4.78, 5) is 41.6. The van der Waals surface area contributed by atoms with Crippen LogP contribution in [0.3, 0.4) is 0 Å². The lowest BCUT2D eigenvalue weighted by Crippen LogP contribution is -2.39. The molecule has 2 N–H and O–H groups in total. The highest BCUT2D eigenvalue weighted by molar-refractivity contribution is 5.71. The molecule has 0 atom stereocenters. The van der Waals surface area contributed by atoms with Crippen molar-refractivity contribution in [1.82, 2.24) is 0 Å². The number of esters is 3. The number of hydrogen-bond acceptors (Lipinski definition) is 7. The monoisotopic (exact) mass is 369 g/mol. The van der Waals surface area contributed by atoms with Gasteiger partial charge in [0.05, 0.1) is 11.8 Å². The highest BCUT2D eigenvalue weighted by Crippen LogP contribution is 2.25. The first-order valence-corrected chi connectivity index (χ1v) is 8.33. The van der Waals surface area contributed by atoms with Gasteiger partial charge in [0.1, 0.15) is 32.7 Å². The van der Waals surface area contributed by atoms with Crippen molar-refractivity contribution < 1.29 is 28.6 Å². The van der Waals surface area contributed by atoms with Crippen molar-refractivity contribution in [3.05, 3.63) is 9.69 Å². The normalized spacial score (nSPS) is 10.3. The van der Waals surface area contributed by atoms with Crippen molar-refractivity contribution in [1.29, 1.82) is 0 Å². The van der Waals surface area contributed by atoms with Crippen molar-refractivity contribution >= 4 is 17.9 Å². The van der Waals surface area contributed by atoms with Crippen LogP contribution in [0.2, 0.25) is 0 Å². The molecule has 144 valence electrons. The van der Waals surface area contributed by atoms with Gasteiger partial charge in [0.25, 0.3) is 26.2 Å². The lowest BCUT2D eigenvalue weighted by Gasteiger charge is -2.30. The lowest BCUT2D eigenvalue weighted by atomic mass is 9.88. The van der Waals surface area contributed by atoms with E-state index in [0.717, 1.165) is 0 Å². The summed E-state index contributed by atoms with van der Waals surface area (Å²) in [5.41, 5.74) is 4.45. The van der Waals surface area contributed by atoms with Gasteiger partial charge in [-0.05, 0) is 6.42 Å². The number of nitrogens with two attached hydrogens (primary N) is 1. The molecule has 0 heterocycles. The molecule has 0 fully saturated rings. The third-order valence-corrected chi connectivity index (χ3v) is 3.61. The second kappa shape index (κ2) is 13.6. The van der Waals surface area contributed by atoms with E-state index in [0.29, 0.717) is 6.42 Å². The summed E-state index contributed by atoms with van der Waals surface area (Å²) in [5.74, 6) is -1.48. The van der Waals surface area contributed by atoms with Gasteiger partial charge in [-0.3, -0.25) is 14.4 Å². The Labute approximate surface area is 153 Å². The molecule has 0 rings (SSSR count). The lowest BCUT2D eigenvalue weighted by molar-refractivity contribution is -0.162. The summed E-state index contributed by atoms with van der Waals surface area (Å²) >= 11 is 0. The highest BCUT2D eigenvalue weighted by atomic mass is 16.6. The van der Waals surface area contributed by atoms with E-state index in [2.05, 4.69) is 9.69 Å². The minimum Gasteiger partial charge on any atom is -0.465 e. The first kappa shape index (κ1) is 23.4. The average Bonchev–Trinajstić information content (AvgIpc) is 2.64. The van der Waals surface area contributed by atoms with Crippen LogP contribution in [0.25, 0.3) is 9.69 Å². The molecular formula is C17H27N3O6+2. The van der Waals surface area contributed by atoms with E-state index >= 15 is 0 Å². The number of nitrogens with zero attached hydrogens (tertiary/aromatic N) is 2. The summed E-state index contributed by atoms with van der Waals surface area (Å²) in [6.45, 7) is 12.0. The first-order chi connectivity index (χ1) is 12.4. The molecule has 0 amide bonds. The van der Waals surface area contributed by atoms with Gasteiger partial charge < -0.3 is 19.9 Å². The Kier molecular flexibility index (Phi) is 12.2. The number of carbonyl (C=O) groups is 3. The van der Waals surface area contributed by atoms with Crippen LogP contribution in [0.15, 0.2) is 0 Å². The number of ether oxygens (including phenoxy) is 3. The second-order valence-electron chi connectivity index (χ2n) is 5.69. The largest absolute Gasteiger partial charge is 0.465 e. The Bertz CT molecular complexity index is 516. The summed E-state index contributed by atoms with van der Waals surface area (Å²) < 4.78 is 15.6. The second-order valence-corrected chi connectivity index (χ2v) is 5.69. The van der Waals surface area contributed by atoms with E-state index < -0.39 is 23.3 Å². The van der Waals surface area contributed by atoms with Crippen molar-refractivity contribution in [3.8, 4) is 13.1 Å². The summed E-state index contributed by atoms with van der Waals surface area (Å²) in [5, 5.41) is 0. The van der Waals surface area contributed by atoms with Gasteiger partial charge in [0, 0.05) is 6.54 Å². The van der Waals surface area contributed by atoms with Crippen LogP contribution in [-0.4, -0.2) is 57.4 Å². The molecule has 0 saturated heterocycles. The van der Waals surface area contributed by atoms with Gasteiger partial charge in [-0.1, -0.05) is 16.6 Å². The maximum atomic E-state index is 11.7. The summed E-state index contributed by atoms with van der Waals surface area (Å²) in [6.07, 6.45) is 0.559. The van der Waals surface area contributed by atoms with E-state index in [4.69, 9.17) is 33.1 Å². The standard InChI is InChI=1S/C17H27N3O6/c1-4-17(11-24-14(21)5-8-18,12-25-15(22)6-9-19-2)13-26-16(23)7-10-20-3/h2-3H,4-13,18H2,1H3/q+2. The molecule has 9 heteroatoms. The van der Waals surface area contributed by atoms with Crippen LogP contribution in [0.4, 0.5) is 0 Å². The third-order valence-electron chi connectivity index (χ3n) is 3.61. The van der Waals surface area contributed by atoms with Crippen molar-refractivity contribution in [2.45, 2.75) is 32.6 Å². The van der Waals surface area contributed by atoms with Crippen LogP contribution in [0.5, 0.6) is 0 Å². The van der Waals surface area contributed by atoms with Gasteiger partial charge in [0.15, 0.2) is 0 Å². The number of carbonyl (C=O) groups excluding carboxylic acids is 3. The van der Waals surface area contributed by atoms with E-state index in [1.54, 1.807) is 0 Å². The van der Waals surface area contributed by atoms with Crippen molar-refractivity contribution in [2.24, 2.45) is 11.1 Å². The average molecular weight is 369 g/mol. The predicted molar refractivity (Wildman–Crippen MR) is 94.8 cm³/mol. The van der Waals surface area contributed by atoms with Gasteiger partial charge in [-0.2, -0.15) is 0 Å². The Morgan fingerprint density at radius 1 is 0.846 bits per heavy atom. The summed E-state index contributed by atoms with van der Waals surface area (Å²) in [7, 11) is 0. The molecule has 0 radical (unpaired) electrons. The van der Waals surface area contributed by atoms with Gasteiger partial charge in [-0.15, -0.1) is 0 Å². The van der Waals surface area contributed by atoms with Crippen LogP contribution in [-0.2, 0) is 28.6 Å². The molecule has 9 nitrogen and oxygen atoms in total. The molecule has 0 aromatic rings. The van der Waals surface area contributed by atoms with E-state index in [9.17, 15) is 14.4 Å². The maximum Gasteiger partial charge on any atom is 0.313 e. The Morgan fingerprint density at radius 3 is 1.54 bits per heavy atom. The maximum absolute atomic E-state index is 11.7. The van der Waals surface area contributed by atoms with E-state index in [-0.39, 0.29) is 58.7 Å².